The second kappa shape index (κ2) is 11.4. The quantitative estimate of drug-likeness (QED) is 0.455. The summed E-state index contributed by atoms with van der Waals surface area (Å²) in [6, 6.07) is 1.26. The zero-order valence-electron chi connectivity index (χ0n) is 13.3. The molecule has 130 valence electrons. The number of hydrogen-bond donors (Lipinski definition) is 4. The molecule has 22 heavy (non-hydrogen) atoms. The Kier molecular flexibility index (Phi) is 10.7. The maximum atomic E-state index is 10.0. The smallest absolute Gasteiger partial charge is 0.304 e. The molecule has 8 nitrogen and oxygen atoms in total. The molecule has 2 aliphatic heterocycles. The van der Waals surface area contributed by atoms with Gasteiger partial charge in [-0.05, 0) is 13.8 Å². The predicted molar refractivity (Wildman–Crippen MR) is 80.7 cm³/mol. The van der Waals surface area contributed by atoms with Gasteiger partial charge >= 0.3 is 11.9 Å². The highest BCUT2D eigenvalue weighted by Gasteiger charge is 2.28. The van der Waals surface area contributed by atoms with Crippen molar-refractivity contribution < 1.29 is 30.0 Å². The largest absolute Gasteiger partial charge is 0.481 e. The summed E-state index contributed by atoms with van der Waals surface area (Å²) in [6.45, 7) is 7.54. The second-order valence-electron chi connectivity index (χ2n) is 5.42. The van der Waals surface area contributed by atoms with Crippen molar-refractivity contribution in [2.45, 2.75) is 38.8 Å². The SMILES string of the molecule is CC1CN1CCC(=O)O.CC1CN1CCC(=O)O.OCCO. The number of rotatable bonds is 7. The summed E-state index contributed by atoms with van der Waals surface area (Å²) in [5, 5.41) is 31.7. The zero-order valence-corrected chi connectivity index (χ0v) is 13.3. The maximum Gasteiger partial charge on any atom is 0.304 e. The van der Waals surface area contributed by atoms with Crippen LogP contribution in [0.5, 0.6) is 0 Å². The average molecular weight is 320 g/mol. The number of nitrogens with zero attached hydrogens (tertiary/aromatic N) is 2. The molecule has 2 heterocycles. The van der Waals surface area contributed by atoms with Gasteiger partial charge in [0.2, 0.25) is 0 Å². The van der Waals surface area contributed by atoms with Crippen LogP contribution in [0.15, 0.2) is 0 Å². The number of aliphatic hydroxyl groups is 2. The van der Waals surface area contributed by atoms with Crippen LogP contribution in [-0.2, 0) is 9.59 Å². The van der Waals surface area contributed by atoms with E-state index >= 15 is 0 Å². The molecule has 4 N–H and O–H groups in total. The summed E-state index contributed by atoms with van der Waals surface area (Å²) in [6.07, 6.45) is 0.564. The highest BCUT2D eigenvalue weighted by atomic mass is 16.4. The van der Waals surface area contributed by atoms with E-state index in [1.165, 1.54) is 0 Å². The van der Waals surface area contributed by atoms with Crippen LogP contribution in [0.25, 0.3) is 0 Å². The number of carboxylic acid groups (broad SMARTS) is 2. The minimum Gasteiger partial charge on any atom is -0.481 e. The summed E-state index contributed by atoms with van der Waals surface area (Å²) in [5.41, 5.74) is 0. The molecule has 4 unspecified atom stereocenters. The third-order valence-electron chi connectivity index (χ3n) is 3.30. The molecule has 0 radical (unpaired) electrons. The van der Waals surface area contributed by atoms with Gasteiger partial charge in [-0.2, -0.15) is 0 Å². The number of hydrogen-bond acceptors (Lipinski definition) is 6. The van der Waals surface area contributed by atoms with E-state index in [4.69, 9.17) is 20.4 Å². The molecule has 0 amide bonds. The van der Waals surface area contributed by atoms with Gasteiger partial charge in [0, 0.05) is 38.3 Å². The van der Waals surface area contributed by atoms with Crippen molar-refractivity contribution in [3.05, 3.63) is 0 Å². The van der Waals surface area contributed by atoms with Gasteiger partial charge in [0.1, 0.15) is 0 Å². The van der Waals surface area contributed by atoms with E-state index in [1.807, 2.05) is 0 Å². The van der Waals surface area contributed by atoms with Gasteiger partial charge in [-0.15, -0.1) is 0 Å². The first kappa shape index (κ1) is 20.8. The molecule has 2 rings (SSSR count). The van der Waals surface area contributed by atoms with Crippen molar-refractivity contribution in [2.24, 2.45) is 0 Å². The first-order valence-corrected chi connectivity index (χ1v) is 7.45. The molecule has 4 atom stereocenters. The molecular formula is C14H28N2O6. The fourth-order valence-electron chi connectivity index (χ4n) is 1.69. The molecule has 2 fully saturated rings. The lowest BCUT2D eigenvalue weighted by Gasteiger charge is -1.95. The third-order valence-corrected chi connectivity index (χ3v) is 3.30. The van der Waals surface area contributed by atoms with Crippen molar-refractivity contribution in [3.8, 4) is 0 Å². The Balaban J connectivity index is 0.000000326. The Morgan fingerprint density at radius 3 is 1.27 bits per heavy atom. The van der Waals surface area contributed by atoms with Crippen molar-refractivity contribution in [2.75, 3.05) is 39.4 Å². The van der Waals surface area contributed by atoms with Crippen molar-refractivity contribution in [1.29, 1.82) is 0 Å². The summed E-state index contributed by atoms with van der Waals surface area (Å²) >= 11 is 0. The van der Waals surface area contributed by atoms with Crippen molar-refractivity contribution >= 4 is 11.9 Å². The summed E-state index contributed by atoms with van der Waals surface area (Å²) < 4.78 is 0. The molecule has 0 aliphatic carbocycles. The van der Waals surface area contributed by atoms with Gasteiger partial charge in [0.15, 0.2) is 0 Å². The minimum absolute atomic E-state index is 0.125. The van der Waals surface area contributed by atoms with E-state index in [0.717, 1.165) is 26.2 Å². The van der Waals surface area contributed by atoms with E-state index in [2.05, 4.69) is 23.6 Å². The van der Waals surface area contributed by atoms with E-state index < -0.39 is 11.9 Å². The Labute approximate surface area is 131 Å². The number of carboxylic acids is 2. The Morgan fingerprint density at radius 2 is 1.14 bits per heavy atom. The van der Waals surface area contributed by atoms with E-state index in [1.54, 1.807) is 0 Å². The Morgan fingerprint density at radius 1 is 0.864 bits per heavy atom. The second-order valence-corrected chi connectivity index (χ2v) is 5.42. The van der Waals surface area contributed by atoms with Crippen LogP contribution < -0.4 is 0 Å². The van der Waals surface area contributed by atoms with Crippen LogP contribution in [0.4, 0.5) is 0 Å². The molecule has 2 aliphatic rings. The monoisotopic (exact) mass is 320 g/mol. The highest BCUT2D eigenvalue weighted by molar-refractivity contribution is 5.67. The molecule has 0 saturated carbocycles. The predicted octanol–water partition coefficient (Wildman–Crippen LogP) is -0.699. The molecule has 0 aromatic heterocycles. The van der Waals surface area contributed by atoms with Crippen LogP contribution in [0.1, 0.15) is 26.7 Å². The fraction of sp³-hybridized carbons (Fsp3) is 0.857. The van der Waals surface area contributed by atoms with Crippen LogP contribution >= 0.6 is 0 Å². The molecule has 8 heteroatoms. The molecule has 0 spiro atoms. The summed E-state index contributed by atoms with van der Waals surface area (Å²) in [7, 11) is 0. The first-order chi connectivity index (χ1) is 10.3. The zero-order chi connectivity index (χ0) is 17.1. The Bertz CT molecular complexity index is 307. The normalized spacial score (nSPS) is 27.6. The highest BCUT2D eigenvalue weighted by Crippen LogP contribution is 2.15. The van der Waals surface area contributed by atoms with Crippen molar-refractivity contribution in [3.63, 3.8) is 0 Å². The number of aliphatic carboxylic acids is 2. The van der Waals surface area contributed by atoms with Crippen LogP contribution in [0.3, 0.4) is 0 Å². The summed E-state index contributed by atoms with van der Waals surface area (Å²) in [5.74, 6) is -1.40. The van der Waals surface area contributed by atoms with Gasteiger partial charge < -0.3 is 20.4 Å². The Hall–Kier alpha value is -1.22. The lowest BCUT2D eigenvalue weighted by molar-refractivity contribution is -0.138. The van der Waals surface area contributed by atoms with Crippen LogP contribution in [0.2, 0.25) is 0 Å². The van der Waals surface area contributed by atoms with Gasteiger partial charge in [0.05, 0.1) is 26.1 Å². The minimum atomic E-state index is -0.700. The molecule has 0 bridgehead atoms. The lowest BCUT2D eigenvalue weighted by atomic mass is 10.4. The number of aliphatic hydroxyl groups excluding tert-OH is 2. The summed E-state index contributed by atoms with van der Waals surface area (Å²) in [4.78, 5) is 24.3. The molecule has 0 aromatic carbocycles. The van der Waals surface area contributed by atoms with E-state index in [9.17, 15) is 9.59 Å². The van der Waals surface area contributed by atoms with Gasteiger partial charge in [-0.1, -0.05) is 0 Å². The topological polar surface area (TPSA) is 121 Å². The van der Waals surface area contributed by atoms with E-state index in [-0.39, 0.29) is 26.1 Å². The number of carbonyl (C=O) groups is 2. The van der Waals surface area contributed by atoms with Crippen molar-refractivity contribution in [1.82, 2.24) is 9.80 Å². The molecular weight excluding hydrogens is 292 g/mol. The lowest BCUT2D eigenvalue weighted by Crippen LogP contribution is -2.07. The van der Waals surface area contributed by atoms with Gasteiger partial charge in [-0.25, -0.2) is 0 Å². The van der Waals surface area contributed by atoms with Crippen LogP contribution in [0, 0.1) is 0 Å². The van der Waals surface area contributed by atoms with E-state index in [0.29, 0.717) is 12.1 Å². The fourth-order valence-corrected chi connectivity index (χ4v) is 1.69. The maximum absolute atomic E-state index is 10.0. The molecule has 0 aromatic rings. The standard InChI is InChI=1S/2C6H11NO2.C2H6O2/c2*1-5-4-7(5)3-2-6(8)9;3-1-2-4/h2*5H,2-4H2,1H3,(H,8,9);3-4H,1-2H2. The molecule has 2 saturated heterocycles. The van der Waals surface area contributed by atoms with Gasteiger partial charge in [-0.3, -0.25) is 19.4 Å². The van der Waals surface area contributed by atoms with Crippen LogP contribution in [-0.4, -0.2) is 93.6 Å². The first-order valence-electron chi connectivity index (χ1n) is 7.45. The average Bonchev–Trinajstić information content (AvgIpc) is 3.35. The third kappa shape index (κ3) is 12.5. The van der Waals surface area contributed by atoms with Gasteiger partial charge in [0.25, 0.3) is 0 Å².